The lowest BCUT2D eigenvalue weighted by Gasteiger charge is -2.26. The molecular formula is C50H39N. The van der Waals surface area contributed by atoms with Crippen molar-refractivity contribution in [2.24, 2.45) is 0 Å². The standard InChI is InChI=1S/C50H39N/c1-36-13-17-42(18-14-36)45-27-34-49(50(35-45)44-19-15-37(2)16-20-44)43-25-32-48(33-26-43)51(46-28-21-40(22-29-46)38-9-5-3-6-10-38)47-30-23-41(24-31-47)39-11-7-4-8-12-39/h3-35H,1-2H3. The molecule has 51 heavy (non-hydrogen) atoms. The molecule has 0 fully saturated rings. The molecule has 0 bridgehead atoms. The van der Waals surface area contributed by atoms with Crippen LogP contribution < -0.4 is 4.90 Å². The second-order valence-electron chi connectivity index (χ2n) is 13.2. The van der Waals surface area contributed by atoms with Crippen molar-refractivity contribution in [2.45, 2.75) is 13.8 Å². The quantitative estimate of drug-likeness (QED) is 0.158. The van der Waals surface area contributed by atoms with Crippen LogP contribution in [0.25, 0.3) is 55.6 Å². The van der Waals surface area contributed by atoms with Gasteiger partial charge in [-0.2, -0.15) is 0 Å². The Bertz CT molecular complexity index is 2270. The highest BCUT2D eigenvalue weighted by Gasteiger charge is 2.15. The van der Waals surface area contributed by atoms with Gasteiger partial charge in [-0.15, -0.1) is 0 Å². The van der Waals surface area contributed by atoms with Crippen LogP contribution in [0.3, 0.4) is 0 Å². The summed E-state index contributed by atoms with van der Waals surface area (Å²) >= 11 is 0. The predicted octanol–water partition coefficient (Wildman–Crippen LogP) is 14.1. The number of aryl methyl sites for hydroxylation is 2. The summed E-state index contributed by atoms with van der Waals surface area (Å²) in [6.45, 7) is 4.28. The first-order chi connectivity index (χ1) is 25.1. The number of hydrogen-bond donors (Lipinski definition) is 0. The Morgan fingerprint density at radius 3 is 1.02 bits per heavy atom. The zero-order chi connectivity index (χ0) is 34.6. The van der Waals surface area contributed by atoms with Gasteiger partial charge in [0.2, 0.25) is 0 Å². The monoisotopic (exact) mass is 653 g/mol. The Hall–Kier alpha value is -6.44. The first kappa shape index (κ1) is 31.8. The van der Waals surface area contributed by atoms with Gasteiger partial charge >= 0.3 is 0 Å². The molecule has 0 aromatic heterocycles. The largest absolute Gasteiger partial charge is 0.311 e. The number of nitrogens with zero attached hydrogens (tertiary/aromatic N) is 1. The van der Waals surface area contributed by atoms with Gasteiger partial charge in [-0.1, -0.05) is 169 Å². The molecule has 0 saturated heterocycles. The van der Waals surface area contributed by atoms with Gasteiger partial charge in [0.15, 0.2) is 0 Å². The highest BCUT2D eigenvalue weighted by molar-refractivity contribution is 5.88. The third-order valence-corrected chi connectivity index (χ3v) is 9.67. The minimum atomic E-state index is 1.10. The van der Waals surface area contributed by atoms with Crippen molar-refractivity contribution in [2.75, 3.05) is 4.90 Å². The van der Waals surface area contributed by atoms with Crippen LogP contribution >= 0.6 is 0 Å². The van der Waals surface area contributed by atoms with Gasteiger partial charge in [0.1, 0.15) is 0 Å². The van der Waals surface area contributed by atoms with Crippen LogP contribution in [0.4, 0.5) is 17.1 Å². The van der Waals surface area contributed by atoms with E-state index < -0.39 is 0 Å². The van der Waals surface area contributed by atoms with Gasteiger partial charge in [-0.25, -0.2) is 0 Å². The molecule has 0 heterocycles. The molecular weight excluding hydrogens is 615 g/mol. The van der Waals surface area contributed by atoms with Gasteiger partial charge in [0, 0.05) is 17.1 Å². The van der Waals surface area contributed by atoms with E-state index >= 15 is 0 Å². The molecule has 0 N–H and O–H groups in total. The van der Waals surface area contributed by atoms with Crippen molar-refractivity contribution in [3.8, 4) is 55.6 Å². The summed E-state index contributed by atoms with van der Waals surface area (Å²) in [5, 5.41) is 0. The maximum absolute atomic E-state index is 2.34. The summed E-state index contributed by atoms with van der Waals surface area (Å²) in [7, 11) is 0. The summed E-state index contributed by atoms with van der Waals surface area (Å²) in [5.74, 6) is 0. The van der Waals surface area contributed by atoms with Crippen molar-refractivity contribution in [3.05, 3.63) is 211 Å². The van der Waals surface area contributed by atoms with Crippen LogP contribution in [-0.4, -0.2) is 0 Å². The van der Waals surface area contributed by atoms with Crippen LogP contribution in [0.15, 0.2) is 200 Å². The summed E-state index contributed by atoms with van der Waals surface area (Å²) in [6.07, 6.45) is 0. The third kappa shape index (κ3) is 6.88. The Labute approximate surface area is 301 Å². The zero-order valence-electron chi connectivity index (χ0n) is 29.0. The average molecular weight is 654 g/mol. The number of hydrogen-bond acceptors (Lipinski definition) is 1. The van der Waals surface area contributed by atoms with Crippen LogP contribution in [0.2, 0.25) is 0 Å². The lowest BCUT2D eigenvalue weighted by molar-refractivity contribution is 1.28. The maximum Gasteiger partial charge on any atom is 0.0462 e. The summed E-state index contributed by atoms with van der Waals surface area (Å²) in [4.78, 5) is 2.34. The molecule has 0 saturated carbocycles. The van der Waals surface area contributed by atoms with Gasteiger partial charge in [0.05, 0.1) is 0 Å². The molecule has 0 amide bonds. The van der Waals surface area contributed by atoms with E-state index in [1.807, 2.05) is 0 Å². The van der Waals surface area contributed by atoms with Crippen molar-refractivity contribution >= 4 is 17.1 Å². The minimum absolute atomic E-state index is 1.10. The van der Waals surface area contributed by atoms with Crippen LogP contribution in [0.5, 0.6) is 0 Å². The molecule has 0 aliphatic heterocycles. The first-order valence-electron chi connectivity index (χ1n) is 17.6. The highest BCUT2D eigenvalue weighted by atomic mass is 15.1. The van der Waals surface area contributed by atoms with E-state index in [9.17, 15) is 0 Å². The first-order valence-corrected chi connectivity index (χ1v) is 17.6. The van der Waals surface area contributed by atoms with E-state index in [0.29, 0.717) is 0 Å². The molecule has 0 aliphatic carbocycles. The molecule has 0 aliphatic rings. The third-order valence-electron chi connectivity index (χ3n) is 9.67. The smallest absolute Gasteiger partial charge is 0.0462 e. The fourth-order valence-electron chi connectivity index (χ4n) is 6.80. The fraction of sp³-hybridized carbons (Fsp3) is 0.0400. The summed E-state index contributed by atoms with van der Waals surface area (Å²) in [5.41, 5.74) is 18.0. The Kier molecular flexibility index (Phi) is 8.85. The highest BCUT2D eigenvalue weighted by Crippen LogP contribution is 2.40. The Morgan fingerprint density at radius 1 is 0.255 bits per heavy atom. The zero-order valence-corrected chi connectivity index (χ0v) is 29.0. The van der Waals surface area contributed by atoms with Crippen LogP contribution in [0.1, 0.15) is 11.1 Å². The topological polar surface area (TPSA) is 3.24 Å². The maximum atomic E-state index is 2.34. The molecule has 0 spiro atoms. The molecule has 0 radical (unpaired) electrons. The molecule has 244 valence electrons. The van der Waals surface area contributed by atoms with Crippen LogP contribution in [0, 0.1) is 13.8 Å². The van der Waals surface area contributed by atoms with Gasteiger partial charge in [-0.05, 0) is 112 Å². The lowest BCUT2D eigenvalue weighted by Crippen LogP contribution is -2.09. The van der Waals surface area contributed by atoms with E-state index in [4.69, 9.17) is 0 Å². The second kappa shape index (κ2) is 14.2. The minimum Gasteiger partial charge on any atom is -0.311 e. The van der Waals surface area contributed by atoms with E-state index in [1.54, 1.807) is 0 Å². The van der Waals surface area contributed by atoms with Crippen molar-refractivity contribution in [1.29, 1.82) is 0 Å². The molecule has 1 nitrogen and oxygen atoms in total. The van der Waals surface area contributed by atoms with E-state index in [-0.39, 0.29) is 0 Å². The SMILES string of the molecule is Cc1ccc(-c2ccc(-c3ccc(N(c4ccc(-c5ccccc5)cc4)c4ccc(-c5ccccc5)cc4)cc3)c(-c3ccc(C)cc3)c2)cc1. The molecule has 0 atom stereocenters. The Balaban J connectivity index is 1.19. The van der Waals surface area contributed by atoms with Gasteiger partial charge in [-0.3, -0.25) is 0 Å². The molecule has 0 unspecified atom stereocenters. The molecule has 8 rings (SSSR count). The molecule has 8 aromatic carbocycles. The summed E-state index contributed by atoms with van der Waals surface area (Å²) < 4.78 is 0. The Morgan fingerprint density at radius 2 is 0.569 bits per heavy atom. The number of benzene rings is 8. The number of rotatable bonds is 8. The molecule has 1 heteroatoms. The number of anilines is 3. The average Bonchev–Trinajstić information content (AvgIpc) is 3.20. The van der Waals surface area contributed by atoms with Crippen molar-refractivity contribution in [3.63, 3.8) is 0 Å². The lowest BCUT2D eigenvalue weighted by atomic mass is 9.90. The van der Waals surface area contributed by atoms with Gasteiger partial charge in [0.25, 0.3) is 0 Å². The van der Waals surface area contributed by atoms with E-state index in [0.717, 1.165) is 17.1 Å². The van der Waals surface area contributed by atoms with Crippen molar-refractivity contribution < 1.29 is 0 Å². The normalized spacial score (nSPS) is 10.9. The second-order valence-corrected chi connectivity index (χ2v) is 13.2. The molecule has 8 aromatic rings. The van der Waals surface area contributed by atoms with Crippen LogP contribution in [-0.2, 0) is 0 Å². The van der Waals surface area contributed by atoms with E-state index in [2.05, 4.69) is 219 Å². The van der Waals surface area contributed by atoms with Crippen molar-refractivity contribution in [1.82, 2.24) is 0 Å². The predicted molar refractivity (Wildman–Crippen MR) is 218 cm³/mol. The summed E-state index contributed by atoms with van der Waals surface area (Å²) in [6, 6.07) is 72.4. The van der Waals surface area contributed by atoms with Gasteiger partial charge < -0.3 is 4.90 Å². The fourth-order valence-corrected chi connectivity index (χ4v) is 6.80. The van der Waals surface area contributed by atoms with E-state index in [1.165, 1.54) is 66.8 Å².